The van der Waals surface area contributed by atoms with E-state index in [-0.39, 0.29) is 42.7 Å². The fourth-order valence-corrected chi connectivity index (χ4v) is 5.10. The topological polar surface area (TPSA) is 151 Å². The molecule has 12 nitrogen and oxygen atoms in total. The molecule has 0 radical (unpaired) electrons. The maximum absolute atomic E-state index is 14.5. The third kappa shape index (κ3) is 5.36. The number of carbonyl (C=O) groups is 5. The number of piperidine rings is 1. The van der Waals surface area contributed by atoms with E-state index < -0.39 is 47.4 Å². The number of carbonyl (C=O) groups excluding carboxylic acids is 5. The van der Waals surface area contributed by atoms with Crippen molar-refractivity contribution >= 4 is 35.2 Å². The predicted molar refractivity (Wildman–Crippen MR) is 144 cm³/mol. The minimum Gasteiger partial charge on any atom is -0.496 e. The molecule has 1 saturated heterocycles. The van der Waals surface area contributed by atoms with Crippen molar-refractivity contribution in [2.75, 3.05) is 12.0 Å². The molecule has 216 valence electrons. The van der Waals surface area contributed by atoms with E-state index in [9.17, 15) is 28.4 Å². The monoisotopic (exact) mass is 575 g/mol. The number of anilines is 1. The minimum absolute atomic E-state index is 0.0207. The van der Waals surface area contributed by atoms with Crippen LogP contribution in [0.5, 0.6) is 5.75 Å². The largest absolute Gasteiger partial charge is 0.496 e. The highest BCUT2D eigenvalue weighted by Crippen LogP contribution is 2.35. The highest BCUT2D eigenvalue weighted by molar-refractivity contribution is 6.10. The number of imide groups is 1. The number of benzene rings is 2. The molecule has 3 heterocycles. The van der Waals surface area contributed by atoms with Crippen LogP contribution in [0, 0.1) is 0 Å². The van der Waals surface area contributed by atoms with Gasteiger partial charge in [0.1, 0.15) is 24.1 Å². The Hall–Kier alpha value is -5.33. The number of nitrogens with one attached hydrogen (secondary N) is 2. The quantitative estimate of drug-likeness (QED) is 0.292. The molecule has 1 fully saturated rings. The van der Waals surface area contributed by atoms with Gasteiger partial charge in [-0.2, -0.15) is 0 Å². The Morgan fingerprint density at radius 3 is 2.74 bits per heavy atom. The zero-order valence-electron chi connectivity index (χ0n) is 22.5. The molecule has 2 aliphatic rings. The van der Waals surface area contributed by atoms with Crippen molar-refractivity contribution in [3.8, 4) is 5.75 Å². The van der Waals surface area contributed by atoms with Gasteiger partial charge in [-0.25, -0.2) is 4.39 Å². The molecule has 2 atom stereocenters. The van der Waals surface area contributed by atoms with Crippen LogP contribution in [0.3, 0.4) is 0 Å². The van der Waals surface area contributed by atoms with Crippen molar-refractivity contribution < 1.29 is 37.6 Å². The van der Waals surface area contributed by atoms with Gasteiger partial charge in [-0.15, -0.1) is 0 Å². The van der Waals surface area contributed by atoms with Crippen LogP contribution >= 0.6 is 0 Å². The fraction of sp³-hybridized carbons (Fsp3) is 0.241. The number of hydrogen-bond donors (Lipinski definition) is 2. The minimum atomic E-state index is -1.47. The molecule has 13 heteroatoms. The summed E-state index contributed by atoms with van der Waals surface area (Å²) in [7, 11) is 1.49. The van der Waals surface area contributed by atoms with Crippen molar-refractivity contribution in [3.63, 3.8) is 0 Å². The third-order valence-electron chi connectivity index (χ3n) is 7.16. The number of aromatic nitrogens is 1. The number of para-hydroxylation sites is 1. The first-order chi connectivity index (χ1) is 20.2. The number of methoxy groups -OCH3 is 1. The maximum atomic E-state index is 14.5. The Labute approximate surface area is 239 Å². The van der Waals surface area contributed by atoms with Crippen molar-refractivity contribution in [3.05, 3.63) is 89.6 Å². The van der Waals surface area contributed by atoms with Crippen LogP contribution in [0.2, 0.25) is 0 Å². The highest BCUT2D eigenvalue weighted by Gasteiger charge is 2.41. The molecule has 5 rings (SSSR count). The molecule has 0 saturated carbocycles. The molecule has 2 N–H and O–H groups in total. The lowest BCUT2D eigenvalue weighted by molar-refractivity contribution is -0.137. The second kappa shape index (κ2) is 11.6. The van der Waals surface area contributed by atoms with Gasteiger partial charge in [0, 0.05) is 41.9 Å². The van der Waals surface area contributed by atoms with Gasteiger partial charge in [-0.3, -0.25) is 34.2 Å². The Balaban J connectivity index is 1.48. The Bertz CT molecular complexity index is 1590. The van der Waals surface area contributed by atoms with Crippen LogP contribution in [-0.4, -0.2) is 52.7 Å². The second-order valence-corrected chi connectivity index (χ2v) is 9.71. The van der Waals surface area contributed by atoms with Crippen molar-refractivity contribution in [2.45, 2.75) is 38.0 Å². The van der Waals surface area contributed by atoms with Crippen LogP contribution in [-0.2, 0) is 32.3 Å². The van der Waals surface area contributed by atoms with Crippen molar-refractivity contribution in [2.24, 2.45) is 0 Å². The standard InChI is InChI=1S/C29H26FN5O7/c1-16(30)28(39)35(25(19-13-32-42-15-19)27(38)31-12-17-5-3-4-6-23(17)41-2)20-8-7-18-14-34(29(40)21(18)11-20)22-9-10-24(36)33-26(22)37/h3-8,11,13,15,22,25H,1,9-10,12,14H2,2H3,(H,31,38)(H,33,36,37). The summed E-state index contributed by atoms with van der Waals surface area (Å²) in [5.74, 6) is -4.22. The summed E-state index contributed by atoms with van der Waals surface area (Å²) in [5.41, 5.74) is 1.54. The number of fused-ring (bicyclic) bond motifs is 1. The SMILES string of the molecule is C=C(F)C(=O)N(c1ccc2c(c1)C(=O)N(C1CCC(=O)NC1=O)C2)C(C(=O)NCc1ccccc1OC)c1cnoc1. The van der Waals surface area contributed by atoms with Crippen LogP contribution < -0.4 is 20.3 Å². The number of amides is 5. The van der Waals surface area contributed by atoms with Gasteiger partial charge in [0.05, 0.1) is 13.3 Å². The Morgan fingerprint density at radius 1 is 1.26 bits per heavy atom. The van der Waals surface area contributed by atoms with Crippen LogP contribution in [0.4, 0.5) is 10.1 Å². The number of hydrogen-bond acceptors (Lipinski definition) is 8. The summed E-state index contributed by atoms with van der Waals surface area (Å²) in [6, 6.07) is 9.09. The lowest BCUT2D eigenvalue weighted by Gasteiger charge is -2.30. The van der Waals surface area contributed by atoms with Crippen molar-refractivity contribution in [1.82, 2.24) is 20.7 Å². The smallest absolute Gasteiger partial charge is 0.287 e. The number of ether oxygens (including phenoxy) is 1. The first kappa shape index (κ1) is 28.2. The van der Waals surface area contributed by atoms with E-state index in [0.717, 1.165) is 11.2 Å². The molecule has 1 aromatic heterocycles. The number of nitrogens with zero attached hydrogens (tertiary/aromatic N) is 3. The summed E-state index contributed by atoms with van der Waals surface area (Å²) in [6.07, 6.45) is 2.63. The van der Waals surface area contributed by atoms with Gasteiger partial charge >= 0.3 is 0 Å². The molecule has 3 aromatic rings. The molecule has 2 unspecified atom stereocenters. The molecule has 0 spiro atoms. The summed E-state index contributed by atoms with van der Waals surface area (Å²) >= 11 is 0. The highest BCUT2D eigenvalue weighted by atomic mass is 19.1. The van der Waals surface area contributed by atoms with Crippen LogP contribution in [0.25, 0.3) is 0 Å². The number of halogens is 1. The van der Waals surface area contributed by atoms with E-state index in [1.807, 2.05) is 0 Å². The van der Waals surface area contributed by atoms with E-state index in [1.54, 1.807) is 30.3 Å². The summed E-state index contributed by atoms with van der Waals surface area (Å²) in [4.78, 5) is 66.5. The first-order valence-corrected chi connectivity index (χ1v) is 12.9. The summed E-state index contributed by atoms with van der Waals surface area (Å²) in [5, 5.41) is 8.63. The average molecular weight is 576 g/mol. The predicted octanol–water partition coefficient (Wildman–Crippen LogP) is 2.32. The first-order valence-electron chi connectivity index (χ1n) is 12.9. The summed E-state index contributed by atoms with van der Waals surface area (Å²) < 4.78 is 24.7. The zero-order valence-corrected chi connectivity index (χ0v) is 22.5. The van der Waals surface area contributed by atoms with E-state index in [2.05, 4.69) is 22.4 Å². The van der Waals surface area contributed by atoms with Crippen molar-refractivity contribution in [1.29, 1.82) is 0 Å². The molecule has 42 heavy (non-hydrogen) atoms. The van der Waals surface area contributed by atoms with E-state index in [0.29, 0.717) is 16.9 Å². The van der Waals surface area contributed by atoms with Crippen LogP contribution in [0.15, 0.2) is 71.9 Å². The van der Waals surface area contributed by atoms with E-state index in [1.165, 1.54) is 30.3 Å². The average Bonchev–Trinajstić information content (AvgIpc) is 3.62. The van der Waals surface area contributed by atoms with Gasteiger partial charge in [0.15, 0.2) is 5.83 Å². The molecular weight excluding hydrogens is 549 g/mol. The molecule has 2 aromatic carbocycles. The zero-order chi connectivity index (χ0) is 30.0. The fourth-order valence-electron chi connectivity index (χ4n) is 5.10. The molecule has 2 aliphatic heterocycles. The van der Waals surface area contributed by atoms with E-state index >= 15 is 0 Å². The lowest BCUT2D eigenvalue weighted by Crippen LogP contribution is -2.52. The van der Waals surface area contributed by atoms with Gasteiger partial charge in [0.25, 0.3) is 11.8 Å². The second-order valence-electron chi connectivity index (χ2n) is 9.71. The lowest BCUT2D eigenvalue weighted by atomic mass is 10.0. The van der Waals surface area contributed by atoms with Gasteiger partial charge in [-0.05, 0) is 30.2 Å². The molecule has 0 bridgehead atoms. The molecule has 0 aliphatic carbocycles. The number of rotatable bonds is 9. The molecular formula is C29H26FN5O7. The van der Waals surface area contributed by atoms with Gasteiger partial charge in [0.2, 0.25) is 17.7 Å². The molecule has 5 amide bonds. The van der Waals surface area contributed by atoms with Gasteiger partial charge in [-0.1, -0.05) is 36.0 Å². The maximum Gasteiger partial charge on any atom is 0.287 e. The summed E-state index contributed by atoms with van der Waals surface area (Å²) in [6.45, 7) is 3.24. The normalized spacial score (nSPS) is 16.9. The third-order valence-corrected chi connectivity index (χ3v) is 7.16. The van der Waals surface area contributed by atoms with Crippen LogP contribution in [0.1, 0.15) is 45.9 Å². The van der Waals surface area contributed by atoms with Gasteiger partial charge < -0.3 is 19.5 Å². The van der Waals surface area contributed by atoms with E-state index in [4.69, 9.17) is 9.26 Å². The Kier molecular flexibility index (Phi) is 7.82. The Morgan fingerprint density at radius 2 is 2.05 bits per heavy atom.